The van der Waals surface area contributed by atoms with Gasteiger partial charge in [-0.25, -0.2) is 0 Å². The smallest absolute Gasteiger partial charge is 0.221 e. The minimum atomic E-state index is -0.150. The van der Waals surface area contributed by atoms with Crippen molar-refractivity contribution in [3.05, 3.63) is 174 Å². The molecule has 0 saturated carbocycles. The van der Waals surface area contributed by atoms with Gasteiger partial charge in [0.1, 0.15) is 12.4 Å². The first-order valence-corrected chi connectivity index (χ1v) is 14.4. The maximum atomic E-state index is 13.5. The Balaban J connectivity index is 1.33. The lowest BCUT2D eigenvalue weighted by molar-refractivity contribution is -0.121. The van der Waals surface area contributed by atoms with Gasteiger partial charge in [0.25, 0.3) is 0 Å². The third-order valence-electron chi connectivity index (χ3n) is 7.62. The van der Waals surface area contributed by atoms with Gasteiger partial charge < -0.3 is 14.6 Å². The van der Waals surface area contributed by atoms with Crippen LogP contribution in [0, 0.1) is 0 Å². The summed E-state index contributed by atoms with van der Waals surface area (Å²) in [5.41, 5.74) is 6.78. The highest BCUT2D eigenvalue weighted by molar-refractivity contribution is 5.87. The molecule has 1 heterocycles. The first kappa shape index (κ1) is 27.1. The molecule has 6 rings (SSSR count). The third-order valence-corrected chi connectivity index (χ3v) is 7.62. The van der Waals surface area contributed by atoms with Gasteiger partial charge in [-0.05, 0) is 46.0 Å². The van der Waals surface area contributed by atoms with Crippen molar-refractivity contribution in [3.8, 4) is 5.75 Å². The fourth-order valence-corrected chi connectivity index (χ4v) is 5.49. The summed E-state index contributed by atoms with van der Waals surface area (Å²) >= 11 is 0. The number of hydrogen-bond acceptors (Lipinski definition) is 2. The predicted octanol–water partition coefficient (Wildman–Crippen LogP) is 8.11. The van der Waals surface area contributed by atoms with E-state index in [1.807, 2.05) is 66.7 Å². The van der Waals surface area contributed by atoms with Crippen LogP contribution in [0.15, 0.2) is 146 Å². The van der Waals surface area contributed by atoms with Crippen LogP contribution < -0.4 is 10.1 Å². The van der Waals surface area contributed by atoms with E-state index in [1.54, 1.807) is 0 Å². The molecule has 1 N–H and O–H groups in total. The SMILES string of the molecule is O=C(CC(c1cccc(OCc2ccccc2)c1)c1cn(Cc2ccccc2)c2ccccc12)NCc1ccccc1. The van der Waals surface area contributed by atoms with Crippen LogP contribution in [0.2, 0.25) is 0 Å². The lowest BCUT2D eigenvalue weighted by Gasteiger charge is -2.18. The summed E-state index contributed by atoms with van der Waals surface area (Å²) in [4.78, 5) is 13.5. The molecule has 1 atom stereocenters. The minimum absolute atomic E-state index is 0.0133. The highest BCUT2D eigenvalue weighted by Gasteiger charge is 2.23. The molecule has 0 aliphatic rings. The molecule has 4 nitrogen and oxygen atoms in total. The number of hydrogen-bond donors (Lipinski definition) is 1. The Morgan fingerprint density at radius 2 is 1.33 bits per heavy atom. The standard InChI is InChI=1S/C38H34N2O2/c41-38(39-25-29-13-4-1-5-14-29)24-35(32-19-12-20-33(23-32)42-28-31-17-8-3-9-18-31)36-27-40(26-30-15-6-2-7-16-30)37-22-11-10-21-34(36)37/h1-23,27,35H,24-26,28H2,(H,39,41). The Hall–Kier alpha value is -5.09. The number of aromatic nitrogens is 1. The zero-order chi connectivity index (χ0) is 28.6. The van der Waals surface area contributed by atoms with E-state index in [0.717, 1.165) is 45.5 Å². The molecule has 6 aromatic rings. The van der Waals surface area contributed by atoms with Crippen LogP contribution >= 0.6 is 0 Å². The number of para-hydroxylation sites is 1. The lowest BCUT2D eigenvalue weighted by atomic mass is 9.88. The summed E-state index contributed by atoms with van der Waals surface area (Å²) in [6.45, 7) is 1.75. The van der Waals surface area contributed by atoms with Gasteiger partial charge in [-0.3, -0.25) is 4.79 Å². The minimum Gasteiger partial charge on any atom is -0.489 e. The van der Waals surface area contributed by atoms with Gasteiger partial charge in [0.15, 0.2) is 0 Å². The Morgan fingerprint density at radius 3 is 2.07 bits per heavy atom. The summed E-state index contributed by atoms with van der Waals surface area (Å²) in [5.74, 6) is 0.654. The Bertz CT molecular complexity index is 1740. The zero-order valence-corrected chi connectivity index (χ0v) is 23.5. The fourth-order valence-electron chi connectivity index (χ4n) is 5.49. The van der Waals surface area contributed by atoms with Crippen LogP contribution in [0.4, 0.5) is 0 Å². The second kappa shape index (κ2) is 13.0. The lowest BCUT2D eigenvalue weighted by Crippen LogP contribution is -2.25. The molecule has 1 amide bonds. The first-order chi connectivity index (χ1) is 20.7. The van der Waals surface area contributed by atoms with E-state index in [0.29, 0.717) is 19.6 Å². The van der Waals surface area contributed by atoms with Crippen molar-refractivity contribution in [3.63, 3.8) is 0 Å². The molecule has 0 fully saturated rings. The van der Waals surface area contributed by atoms with Crippen molar-refractivity contribution in [1.29, 1.82) is 0 Å². The predicted molar refractivity (Wildman–Crippen MR) is 169 cm³/mol. The van der Waals surface area contributed by atoms with Crippen molar-refractivity contribution in [1.82, 2.24) is 9.88 Å². The molecule has 4 heteroatoms. The fraction of sp³-hybridized carbons (Fsp3) is 0.132. The van der Waals surface area contributed by atoms with E-state index in [4.69, 9.17) is 4.74 Å². The molecule has 1 unspecified atom stereocenters. The largest absolute Gasteiger partial charge is 0.489 e. The molecule has 0 bridgehead atoms. The van der Waals surface area contributed by atoms with Gasteiger partial charge in [-0.2, -0.15) is 0 Å². The molecule has 0 radical (unpaired) electrons. The van der Waals surface area contributed by atoms with Crippen molar-refractivity contribution in [2.45, 2.75) is 32.0 Å². The van der Waals surface area contributed by atoms with Gasteiger partial charge in [-0.1, -0.05) is 121 Å². The number of benzene rings is 5. The normalized spacial score (nSPS) is 11.7. The Morgan fingerprint density at radius 1 is 0.690 bits per heavy atom. The Kier molecular flexibility index (Phi) is 8.42. The molecule has 0 spiro atoms. The van der Waals surface area contributed by atoms with Gasteiger partial charge in [0.05, 0.1) is 0 Å². The molecule has 0 saturated heterocycles. The number of fused-ring (bicyclic) bond motifs is 1. The number of rotatable bonds is 11. The van der Waals surface area contributed by atoms with Crippen LogP contribution in [0.1, 0.15) is 40.2 Å². The summed E-state index contributed by atoms with van der Waals surface area (Å²) in [7, 11) is 0. The van der Waals surface area contributed by atoms with Crippen molar-refractivity contribution in [2.75, 3.05) is 0 Å². The average molecular weight is 551 g/mol. The monoisotopic (exact) mass is 550 g/mol. The summed E-state index contributed by atoms with van der Waals surface area (Å²) in [6.07, 6.45) is 2.55. The topological polar surface area (TPSA) is 43.3 Å². The van der Waals surface area contributed by atoms with Crippen LogP contribution in [0.25, 0.3) is 10.9 Å². The quantitative estimate of drug-likeness (QED) is 0.177. The zero-order valence-electron chi connectivity index (χ0n) is 23.5. The van der Waals surface area contributed by atoms with E-state index in [-0.39, 0.29) is 11.8 Å². The number of carbonyl (C=O) groups excluding carboxylic acids is 1. The second-order valence-corrected chi connectivity index (χ2v) is 10.6. The molecule has 5 aromatic carbocycles. The molecular formula is C38H34N2O2. The number of carbonyl (C=O) groups is 1. The molecule has 42 heavy (non-hydrogen) atoms. The van der Waals surface area contributed by atoms with E-state index >= 15 is 0 Å². The summed E-state index contributed by atoms with van der Waals surface area (Å²) < 4.78 is 8.49. The van der Waals surface area contributed by atoms with Gasteiger partial charge >= 0.3 is 0 Å². The van der Waals surface area contributed by atoms with Gasteiger partial charge in [-0.15, -0.1) is 0 Å². The van der Waals surface area contributed by atoms with Crippen molar-refractivity contribution < 1.29 is 9.53 Å². The van der Waals surface area contributed by atoms with E-state index in [9.17, 15) is 4.79 Å². The maximum absolute atomic E-state index is 13.5. The highest BCUT2D eigenvalue weighted by Crippen LogP contribution is 2.36. The highest BCUT2D eigenvalue weighted by atomic mass is 16.5. The molecule has 0 aliphatic carbocycles. The number of ether oxygens (including phenoxy) is 1. The van der Waals surface area contributed by atoms with E-state index < -0.39 is 0 Å². The first-order valence-electron chi connectivity index (χ1n) is 14.4. The third kappa shape index (κ3) is 6.61. The number of nitrogens with zero attached hydrogens (tertiary/aromatic N) is 1. The number of nitrogens with one attached hydrogen (secondary N) is 1. The van der Waals surface area contributed by atoms with Crippen molar-refractivity contribution in [2.24, 2.45) is 0 Å². The van der Waals surface area contributed by atoms with Crippen LogP contribution in [0.5, 0.6) is 5.75 Å². The number of amides is 1. The average Bonchev–Trinajstić information content (AvgIpc) is 3.41. The molecule has 208 valence electrons. The molecule has 0 aliphatic heterocycles. The summed E-state index contributed by atoms with van der Waals surface area (Å²) in [5, 5.41) is 4.31. The molecular weight excluding hydrogens is 516 g/mol. The van der Waals surface area contributed by atoms with Gasteiger partial charge in [0.2, 0.25) is 5.91 Å². The maximum Gasteiger partial charge on any atom is 0.221 e. The van der Waals surface area contributed by atoms with Crippen LogP contribution in [0.3, 0.4) is 0 Å². The van der Waals surface area contributed by atoms with Crippen LogP contribution in [-0.4, -0.2) is 10.5 Å². The summed E-state index contributed by atoms with van der Waals surface area (Å²) in [6, 6.07) is 47.3. The second-order valence-electron chi connectivity index (χ2n) is 10.6. The Labute approximate surface area is 247 Å². The van der Waals surface area contributed by atoms with Crippen LogP contribution in [-0.2, 0) is 24.5 Å². The van der Waals surface area contributed by atoms with Crippen molar-refractivity contribution >= 4 is 16.8 Å². The van der Waals surface area contributed by atoms with Gasteiger partial charge in [0, 0.05) is 42.5 Å². The molecule has 1 aromatic heterocycles. The van der Waals surface area contributed by atoms with E-state index in [1.165, 1.54) is 5.56 Å². The van der Waals surface area contributed by atoms with E-state index in [2.05, 4.69) is 88.9 Å².